The molecule has 0 spiro atoms. The SMILES string of the molecule is CSc1cccc2sc(NC(=O)c3ccc(S(=O)(=O)N(C)C)cc3)nc12. The molecule has 0 bridgehead atoms. The number of anilines is 1. The van der Waals surface area contributed by atoms with Crippen molar-refractivity contribution in [1.29, 1.82) is 0 Å². The van der Waals surface area contributed by atoms with Crippen molar-refractivity contribution < 1.29 is 13.2 Å². The predicted molar refractivity (Wildman–Crippen MR) is 107 cm³/mol. The van der Waals surface area contributed by atoms with Gasteiger partial charge in [0.15, 0.2) is 5.13 Å². The molecule has 0 saturated heterocycles. The molecule has 0 saturated carbocycles. The Morgan fingerprint density at radius 3 is 2.46 bits per heavy atom. The maximum Gasteiger partial charge on any atom is 0.257 e. The van der Waals surface area contributed by atoms with Crippen molar-refractivity contribution in [1.82, 2.24) is 9.29 Å². The average molecular weight is 408 g/mol. The van der Waals surface area contributed by atoms with E-state index in [0.29, 0.717) is 10.7 Å². The van der Waals surface area contributed by atoms with Crippen LogP contribution in [0.5, 0.6) is 0 Å². The van der Waals surface area contributed by atoms with Gasteiger partial charge in [-0.15, -0.1) is 11.8 Å². The predicted octanol–water partition coefficient (Wildman–Crippen LogP) is 3.52. The normalized spacial score (nSPS) is 11.8. The summed E-state index contributed by atoms with van der Waals surface area (Å²) in [4.78, 5) is 18.1. The number of hydrogen-bond acceptors (Lipinski definition) is 6. The molecule has 9 heteroatoms. The quantitative estimate of drug-likeness (QED) is 0.655. The number of aromatic nitrogens is 1. The largest absolute Gasteiger partial charge is 0.298 e. The molecule has 136 valence electrons. The van der Waals surface area contributed by atoms with Gasteiger partial charge in [-0.1, -0.05) is 17.4 Å². The van der Waals surface area contributed by atoms with Crippen LogP contribution in [-0.4, -0.2) is 44.0 Å². The molecule has 3 aromatic rings. The number of thioether (sulfide) groups is 1. The van der Waals surface area contributed by atoms with Gasteiger partial charge in [-0.25, -0.2) is 17.7 Å². The summed E-state index contributed by atoms with van der Waals surface area (Å²) >= 11 is 3.01. The van der Waals surface area contributed by atoms with Gasteiger partial charge in [-0.2, -0.15) is 0 Å². The van der Waals surface area contributed by atoms with E-state index < -0.39 is 10.0 Å². The lowest BCUT2D eigenvalue weighted by Crippen LogP contribution is -2.22. The van der Waals surface area contributed by atoms with E-state index in [1.54, 1.807) is 11.8 Å². The number of thiazole rings is 1. The van der Waals surface area contributed by atoms with Gasteiger partial charge in [0.25, 0.3) is 5.91 Å². The lowest BCUT2D eigenvalue weighted by Gasteiger charge is -2.11. The summed E-state index contributed by atoms with van der Waals surface area (Å²) in [6.07, 6.45) is 1.98. The molecule has 0 unspecified atom stereocenters. The van der Waals surface area contributed by atoms with Crippen LogP contribution in [0, 0.1) is 0 Å². The first-order valence-corrected chi connectivity index (χ1v) is 11.1. The van der Waals surface area contributed by atoms with Crippen LogP contribution >= 0.6 is 23.1 Å². The van der Waals surface area contributed by atoms with Crippen LogP contribution in [0.1, 0.15) is 10.4 Å². The summed E-state index contributed by atoms with van der Waals surface area (Å²) in [5, 5.41) is 3.29. The van der Waals surface area contributed by atoms with E-state index >= 15 is 0 Å². The van der Waals surface area contributed by atoms with E-state index in [-0.39, 0.29) is 10.8 Å². The molecule has 26 heavy (non-hydrogen) atoms. The van der Waals surface area contributed by atoms with Crippen LogP contribution < -0.4 is 5.32 Å². The summed E-state index contributed by atoms with van der Waals surface area (Å²) in [7, 11) is -0.586. The lowest BCUT2D eigenvalue weighted by molar-refractivity contribution is 0.102. The summed E-state index contributed by atoms with van der Waals surface area (Å²) < 4.78 is 26.3. The summed E-state index contributed by atoms with van der Waals surface area (Å²) in [5.41, 5.74) is 1.24. The zero-order chi connectivity index (χ0) is 18.9. The van der Waals surface area contributed by atoms with Gasteiger partial charge in [0, 0.05) is 24.6 Å². The first-order valence-electron chi connectivity index (χ1n) is 7.60. The van der Waals surface area contributed by atoms with Gasteiger partial charge < -0.3 is 0 Å². The van der Waals surface area contributed by atoms with Crippen LogP contribution in [-0.2, 0) is 10.0 Å². The van der Waals surface area contributed by atoms with Crippen LogP contribution in [0.4, 0.5) is 5.13 Å². The van der Waals surface area contributed by atoms with E-state index in [4.69, 9.17) is 0 Å². The zero-order valence-electron chi connectivity index (χ0n) is 14.4. The van der Waals surface area contributed by atoms with E-state index in [2.05, 4.69) is 10.3 Å². The Labute approximate surface area is 160 Å². The molecule has 3 rings (SSSR count). The number of benzene rings is 2. The highest BCUT2D eigenvalue weighted by atomic mass is 32.2. The van der Waals surface area contributed by atoms with Crippen LogP contribution in [0.25, 0.3) is 10.2 Å². The zero-order valence-corrected chi connectivity index (χ0v) is 16.8. The molecule has 1 N–H and O–H groups in total. The number of para-hydroxylation sites is 1. The Kier molecular flexibility index (Phi) is 5.33. The smallest absolute Gasteiger partial charge is 0.257 e. The Bertz CT molecular complexity index is 1060. The highest BCUT2D eigenvalue weighted by Crippen LogP contribution is 2.32. The Morgan fingerprint density at radius 1 is 1.15 bits per heavy atom. The molecule has 0 atom stereocenters. The number of carbonyl (C=O) groups excluding carboxylic acids is 1. The van der Waals surface area contributed by atoms with Crippen molar-refractivity contribution >= 4 is 54.4 Å². The third-order valence-electron chi connectivity index (χ3n) is 3.72. The summed E-state index contributed by atoms with van der Waals surface area (Å²) in [5.74, 6) is -0.330. The van der Waals surface area contributed by atoms with Gasteiger partial charge >= 0.3 is 0 Å². The lowest BCUT2D eigenvalue weighted by atomic mass is 10.2. The molecule has 6 nitrogen and oxygen atoms in total. The number of hydrogen-bond donors (Lipinski definition) is 1. The number of rotatable bonds is 5. The monoisotopic (exact) mass is 407 g/mol. The van der Waals surface area contributed by atoms with Crippen LogP contribution in [0.2, 0.25) is 0 Å². The van der Waals surface area contributed by atoms with Gasteiger partial charge in [0.1, 0.15) is 0 Å². The first-order chi connectivity index (χ1) is 12.3. The topological polar surface area (TPSA) is 79.4 Å². The third kappa shape index (κ3) is 3.61. The minimum Gasteiger partial charge on any atom is -0.298 e. The van der Waals surface area contributed by atoms with Crippen molar-refractivity contribution in [2.75, 3.05) is 25.7 Å². The van der Waals surface area contributed by atoms with Crippen molar-refractivity contribution in [3.63, 3.8) is 0 Å². The molecule has 0 aliphatic heterocycles. The standard InChI is InChI=1S/C17H17N3O3S3/c1-20(2)26(22,23)12-9-7-11(8-10-12)16(21)19-17-18-15-13(24-3)5-4-6-14(15)25-17/h4-10H,1-3H3,(H,18,19,21). The van der Waals surface area contributed by atoms with Crippen molar-refractivity contribution in [2.24, 2.45) is 0 Å². The summed E-state index contributed by atoms with van der Waals surface area (Å²) in [6.45, 7) is 0. The number of nitrogens with zero attached hydrogens (tertiary/aromatic N) is 2. The van der Waals surface area contributed by atoms with E-state index in [0.717, 1.165) is 19.4 Å². The molecule has 1 heterocycles. The van der Waals surface area contributed by atoms with Crippen LogP contribution in [0.15, 0.2) is 52.3 Å². The fourth-order valence-electron chi connectivity index (χ4n) is 2.30. The maximum absolute atomic E-state index is 12.4. The van der Waals surface area contributed by atoms with E-state index in [1.807, 2.05) is 24.5 Å². The third-order valence-corrected chi connectivity index (χ3v) is 7.25. The molecular formula is C17H17N3O3S3. The van der Waals surface area contributed by atoms with E-state index in [9.17, 15) is 13.2 Å². The maximum atomic E-state index is 12.4. The molecule has 0 aliphatic carbocycles. The molecule has 1 amide bonds. The second-order valence-corrected chi connectivity index (χ2v) is 9.62. The molecule has 0 fully saturated rings. The van der Waals surface area contributed by atoms with E-state index in [1.165, 1.54) is 49.7 Å². The Hall–Kier alpha value is -1.94. The first kappa shape index (κ1) is 18.8. The van der Waals surface area contributed by atoms with Gasteiger partial charge in [0.2, 0.25) is 10.0 Å². The van der Waals surface area contributed by atoms with Crippen molar-refractivity contribution in [3.8, 4) is 0 Å². The molecule has 1 aromatic heterocycles. The van der Waals surface area contributed by atoms with Gasteiger partial charge in [-0.05, 0) is 42.7 Å². The van der Waals surface area contributed by atoms with Crippen molar-refractivity contribution in [3.05, 3.63) is 48.0 Å². The second kappa shape index (κ2) is 7.36. The Morgan fingerprint density at radius 2 is 1.85 bits per heavy atom. The molecular weight excluding hydrogens is 390 g/mol. The van der Waals surface area contributed by atoms with Gasteiger partial charge in [0.05, 0.1) is 15.1 Å². The minimum absolute atomic E-state index is 0.142. The number of amides is 1. The number of nitrogens with one attached hydrogen (secondary N) is 1. The highest BCUT2D eigenvalue weighted by molar-refractivity contribution is 7.98. The average Bonchev–Trinajstić information content (AvgIpc) is 3.03. The second-order valence-electron chi connectivity index (χ2n) is 5.59. The molecule has 2 aromatic carbocycles. The van der Waals surface area contributed by atoms with Crippen LogP contribution in [0.3, 0.4) is 0 Å². The molecule has 0 radical (unpaired) electrons. The number of carbonyl (C=O) groups is 1. The number of sulfonamides is 1. The van der Waals surface area contributed by atoms with Crippen molar-refractivity contribution in [2.45, 2.75) is 9.79 Å². The molecule has 0 aliphatic rings. The van der Waals surface area contributed by atoms with Gasteiger partial charge in [-0.3, -0.25) is 10.1 Å². The minimum atomic E-state index is -3.51. The Balaban J connectivity index is 1.82. The highest BCUT2D eigenvalue weighted by Gasteiger charge is 2.18. The summed E-state index contributed by atoms with van der Waals surface area (Å²) in [6, 6.07) is 11.7. The fraction of sp³-hybridized carbons (Fsp3) is 0.176. The fourth-order valence-corrected chi connectivity index (χ4v) is 4.72. The number of fused-ring (bicyclic) bond motifs is 1.